The van der Waals surface area contributed by atoms with Crippen molar-refractivity contribution in [2.75, 3.05) is 18.4 Å². The Bertz CT molecular complexity index is 706. The molecule has 7 heteroatoms. The second-order valence-electron chi connectivity index (χ2n) is 6.18. The van der Waals surface area contributed by atoms with Gasteiger partial charge in [0.15, 0.2) is 0 Å². The molecule has 1 aromatic carbocycles. The van der Waals surface area contributed by atoms with Crippen LogP contribution in [-0.2, 0) is 11.2 Å². The molecule has 26 heavy (non-hydrogen) atoms. The molecule has 1 unspecified atom stereocenters. The summed E-state index contributed by atoms with van der Waals surface area (Å²) in [5.74, 6) is 1.74. The van der Waals surface area contributed by atoms with Gasteiger partial charge in [0.2, 0.25) is 11.8 Å². The number of benzene rings is 1. The third kappa shape index (κ3) is 5.59. The third-order valence-corrected chi connectivity index (χ3v) is 4.47. The molecule has 2 heterocycles. The Morgan fingerprint density at radius 1 is 1.31 bits per heavy atom. The number of nitrogens with zero attached hydrogens (tertiary/aromatic N) is 1. The van der Waals surface area contributed by atoms with Crippen molar-refractivity contribution in [3.63, 3.8) is 0 Å². The van der Waals surface area contributed by atoms with Gasteiger partial charge in [-0.25, -0.2) is 4.98 Å². The highest BCUT2D eigenvalue weighted by molar-refractivity contribution is 5.92. The van der Waals surface area contributed by atoms with Crippen LogP contribution < -0.4 is 15.4 Å². The first-order valence-electron chi connectivity index (χ1n) is 8.40. The van der Waals surface area contributed by atoms with Gasteiger partial charge in [-0.05, 0) is 49.2 Å². The fourth-order valence-electron chi connectivity index (χ4n) is 2.60. The summed E-state index contributed by atoms with van der Waals surface area (Å²) in [5.41, 5.74) is 1.91. The zero-order valence-corrected chi connectivity index (χ0v) is 16.5. The van der Waals surface area contributed by atoms with Crippen molar-refractivity contribution in [3.8, 4) is 11.6 Å². The number of amides is 1. The molecule has 5 nitrogen and oxygen atoms in total. The van der Waals surface area contributed by atoms with Crippen LogP contribution in [0, 0.1) is 11.8 Å². The van der Waals surface area contributed by atoms with E-state index in [-0.39, 0.29) is 36.6 Å². The van der Waals surface area contributed by atoms with E-state index >= 15 is 0 Å². The zero-order chi connectivity index (χ0) is 16.9. The maximum atomic E-state index is 12.2. The van der Waals surface area contributed by atoms with Gasteiger partial charge >= 0.3 is 0 Å². The highest BCUT2D eigenvalue weighted by Gasteiger charge is 2.28. The zero-order valence-electron chi connectivity index (χ0n) is 14.9. The van der Waals surface area contributed by atoms with Crippen LogP contribution in [-0.4, -0.2) is 24.0 Å². The molecule has 1 atom stereocenters. The van der Waals surface area contributed by atoms with E-state index in [1.54, 1.807) is 12.3 Å². The summed E-state index contributed by atoms with van der Waals surface area (Å²) < 4.78 is 5.76. The van der Waals surface area contributed by atoms with E-state index in [2.05, 4.69) is 28.6 Å². The normalized spacial score (nSPS) is 14.2. The Labute approximate surface area is 166 Å². The Morgan fingerprint density at radius 2 is 2.08 bits per heavy atom. The van der Waals surface area contributed by atoms with Crippen molar-refractivity contribution in [2.24, 2.45) is 11.8 Å². The lowest BCUT2D eigenvalue weighted by Crippen LogP contribution is -2.48. The fourth-order valence-corrected chi connectivity index (χ4v) is 2.60. The van der Waals surface area contributed by atoms with Crippen LogP contribution >= 0.6 is 24.8 Å². The number of carbonyl (C=O) groups excluding carboxylic acids is 1. The number of hydrogen-bond acceptors (Lipinski definition) is 4. The SMILES string of the molecule is CCc1cccc(Oc2ccc(NC(=O)C(C)C3CNC3)cn2)c1.Cl.Cl. The molecule has 1 aromatic heterocycles. The second-order valence-corrected chi connectivity index (χ2v) is 6.18. The summed E-state index contributed by atoms with van der Waals surface area (Å²) in [6, 6.07) is 11.5. The third-order valence-electron chi connectivity index (χ3n) is 4.47. The van der Waals surface area contributed by atoms with Crippen LogP contribution in [0.25, 0.3) is 0 Å². The van der Waals surface area contributed by atoms with Gasteiger partial charge in [0.05, 0.1) is 11.9 Å². The summed E-state index contributed by atoms with van der Waals surface area (Å²) in [5, 5.41) is 6.11. The molecule has 2 aromatic rings. The first-order valence-corrected chi connectivity index (χ1v) is 8.40. The van der Waals surface area contributed by atoms with E-state index in [1.807, 2.05) is 31.2 Å². The number of anilines is 1. The topological polar surface area (TPSA) is 63.2 Å². The average Bonchev–Trinajstić information content (AvgIpc) is 2.55. The lowest BCUT2D eigenvalue weighted by atomic mass is 9.88. The lowest BCUT2D eigenvalue weighted by Gasteiger charge is -2.31. The van der Waals surface area contributed by atoms with Gasteiger partial charge in [-0.3, -0.25) is 4.79 Å². The molecule has 1 fully saturated rings. The Morgan fingerprint density at radius 3 is 2.65 bits per heavy atom. The molecule has 0 saturated carbocycles. The molecule has 0 radical (unpaired) electrons. The van der Waals surface area contributed by atoms with E-state index in [4.69, 9.17) is 4.74 Å². The van der Waals surface area contributed by atoms with Crippen molar-refractivity contribution < 1.29 is 9.53 Å². The van der Waals surface area contributed by atoms with E-state index in [9.17, 15) is 4.79 Å². The predicted molar refractivity (Wildman–Crippen MR) is 109 cm³/mol. The smallest absolute Gasteiger partial charge is 0.227 e. The van der Waals surface area contributed by atoms with E-state index in [1.165, 1.54) is 5.56 Å². The molecule has 1 aliphatic rings. The molecule has 1 aliphatic heterocycles. The summed E-state index contributed by atoms with van der Waals surface area (Å²) in [6.45, 7) is 5.90. The second kappa shape index (κ2) is 10.4. The predicted octanol–water partition coefficient (Wildman–Crippen LogP) is 4.07. The molecular formula is C19H25Cl2N3O2. The fraction of sp³-hybridized carbons (Fsp3) is 0.368. The number of aryl methyl sites for hydroxylation is 1. The summed E-state index contributed by atoms with van der Waals surface area (Å²) >= 11 is 0. The van der Waals surface area contributed by atoms with Gasteiger partial charge in [0, 0.05) is 12.0 Å². The van der Waals surface area contributed by atoms with E-state index in [0.717, 1.165) is 25.3 Å². The molecule has 142 valence electrons. The van der Waals surface area contributed by atoms with Gasteiger partial charge in [-0.1, -0.05) is 26.0 Å². The number of halogens is 2. The highest BCUT2D eigenvalue weighted by Crippen LogP contribution is 2.23. The number of rotatable bonds is 6. The van der Waals surface area contributed by atoms with Crippen molar-refractivity contribution in [1.82, 2.24) is 10.3 Å². The summed E-state index contributed by atoms with van der Waals surface area (Å²) in [6.07, 6.45) is 2.59. The van der Waals surface area contributed by atoms with Crippen LogP contribution in [0.2, 0.25) is 0 Å². The van der Waals surface area contributed by atoms with Crippen LogP contribution in [0.5, 0.6) is 11.6 Å². The van der Waals surface area contributed by atoms with Crippen LogP contribution in [0.4, 0.5) is 5.69 Å². The Balaban J connectivity index is 0.00000169. The van der Waals surface area contributed by atoms with Gasteiger partial charge in [0.25, 0.3) is 0 Å². The van der Waals surface area contributed by atoms with Crippen molar-refractivity contribution in [1.29, 1.82) is 0 Å². The number of aromatic nitrogens is 1. The molecule has 0 spiro atoms. The standard InChI is InChI=1S/C19H23N3O2.2ClH/c1-3-14-5-4-6-17(9-14)24-18-8-7-16(12-21-18)22-19(23)13(2)15-10-20-11-15;;/h4-9,12-13,15,20H,3,10-11H2,1-2H3,(H,22,23);2*1H. The number of pyridine rings is 1. The number of carbonyl (C=O) groups is 1. The van der Waals surface area contributed by atoms with E-state index in [0.29, 0.717) is 17.5 Å². The first-order chi connectivity index (χ1) is 11.7. The largest absolute Gasteiger partial charge is 0.439 e. The molecule has 3 rings (SSSR count). The number of ether oxygens (including phenoxy) is 1. The van der Waals surface area contributed by atoms with E-state index < -0.39 is 0 Å². The van der Waals surface area contributed by atoms with Crippen LogP contribution in [0.3, 0.4) is 0 Å². The summed E-state index contributed by atoms with van der Waals surface area (Å²) in [4.78, 5) is 16.5. The highest BCUT2D eigenvalue weighted by atomic mass is 35.5. The minimum atomic E-state index is -0.000963. The maximum absolute atomic E-state index is 12.2. The minimum Gasteiger partial charge on any atom is -0.439 e. The number of hydrogen-bond donors (Lipinski definition) is 2. The molecular weight excluding hydrogens is 373 g/mol. The van der Waals surface area contributed by atoms with Gasteiger partial charge in [-0.15, -0.1) is 24.8 Å². The van der Waals surface area contributed by atoms with Gasteiger partial charge in [0.1, 0.15) is 5.75 Å². The number of nitrogens with one attached hydrogen (secondary N) is 2. The van der Waals surface area contributed by atoms with Crippen LogP contribution in [0.1, 0.15) is 19.4 Å². The maximum Gasteiger partial charge on any atom is 0.227 e. The molecule has 0 bridgehead atoms. The van der Waals surface area contributed by atoms with Crippen molar-refractivity contribution in [2.45, 2.75) is 20.3 Å². The quantitative estimate of drug-likeness (QED) is 0.770. The van der Waals surface area contributed by atoms with Crippen LogP contribution in [0.15, 0.2) is 42.6 Å². The monoisotopic (exact) mass is 397 g/mol. The first kappa shape index (κ1) is 22.2. The molecule has 0 aliphatic carbocycles. The molecule has 1 amide bonds. The summed E-state index contributed by atoms with van der Waals surface area (Å²) in [7, 11) is 0. The Kier molecular flexibility index (Phi) is 8.85. The molecule has 2 N–H and O–H groups in total. The lowest BCUT2D eigenvalue weighted by molar-refractivity contribution is -0.121. The Hall–Kier alpha value is -1.82. The van der Waals surface area contributed by atoms with Crippen molar-refractivity contribution >= 4 is 36.4 Å². The molecule has 1 saturated heterocycles. The van der Waals surface area contributed by atoms with Gasteiger partial charge < -0.3 is 15.4 Å². The average molecular weight is 398 g/mol. The van der Waals surface area contributed by atoms with Crippen molar-refractivity contribution in [3.05, 3.63) is 48.2 Å². The van der Waals surface area contributed by atoms with Gasteiger partial charge in [-0.2, -0.15) is 0 Å². The minimum absolute atomic E-state index is 0.